The summed E-state index contributed by atoms with van der Waals surface area (Å²) in [7, 11) is 2.03. The normalized spacial score (nSPS) is 15.3. The Balaban J connectivity index is 1.98. The fourth-order valence-electron chi connectivity index (χ4n) is 3.37. The van der Waals surface area contributed by atoms with E-state index in [2.05, 4.69) is 53.0 Å². The first-order chi connectivity index (χ1) is 13.6. The van der Waals surface area contributed by atoms with E-state index < -0.39 is 5.91 Å². The molecule has 2 aromatic rings. The third-order valence-corrected chi connectivity index (χ3v) is 5.90. The molecule has 1 N–H and O–H groups in total. The van der Waals surface area contributed by atoms with Crippen molar-refractivity contribution >= 4 is 56.5 Å². The van der Waals surface area contributed by atoms with Crippen LogP contribution in [0.15, 0.2) is 52.5 Å². The molecular formula is C23H21BrClN3O. The van der Waals surface area contributed by atoms with Crippen molar-refractivity contribution in [2.45, 2.75) is 26.3 Å². The van der Waals surface area contributed by atoms with E-state index in [1.165, 1.54) is 6.08 Å². The highest BCUT2D eigenvalue weighted by molar-refractivity contribution is 9.10. The van der Waals surface area contributed by atoms with Gasteiger partial charge in [0, 0.05) is 33.5 Å². The minimum Gasteiger partial charge on any atom is -0.365 e. The highest BCUT2D eigenvalue weighted by atomic mass is 79.9. The number of nitrogens with zero attached hydrogens (tertiary/aromatic N) is 2. The van der Waals surface area contributed by atoms with Gasteiger partial charge in [-0.3, -0.25) is 4.79 Å². The van der Waals surface area contributed by atoms with Crippen LogP contribution in [0, 0.1) is 11.3 Å². The molecule has 148 valence electrons. The topological polar surface area (TPSA) is 56.1 Å². The number of rotatable bonds is 3. The van der Waals surface area contributed by atoms with Crippen LogP contribution in [0.1, 0.15) is 31.9 Å². The zero-order chi connectivity index (χ0) is 21.3. The third kappa shape index (κ3) is 4.39. The zero-order valence-electron chi connectivity index (χ0n) is 16.7. The molecule has 0 atom stereocenters. The summed E-state index contributed by atoms with van der Waals surface area (Å²) in [5, 5.41) is 12.8. The molecule has 0 aliphatic carbocycles. The van der Waals surface area contributed by atoms with Gasteiger partial charge in [0.25, 0.3) is 5.91 Å². The molecule has 0 aromatic heterocycles. The molecule has 0 spiro atoms. The van der Waals surface area contributed by atoms with Crippen molar-refractivity contribution in [3.05, 3.63) is 68.7 Å². The molecule has 4 nitrogen and oxygen atoms in total. The van der Waals surface area contributed by atoms with Crippen molar-refractivity contribution in [1.29, 1.82) is 5.26 Å². The van der Waals surface area contributed by atoms with E-state index in [0.717, 1.165) is 21.3 Å². The molecule has 6 heteroatoms. The largest absolute Gasteiger partial charge is 0.365 e. The van der Waals surface area contributed by atoms with Gasteiger partial charge in [-0.2, -0.15) is 5.26 Å². The van der Waals surface area contributed by atoms with Crippen molar-refractivity contribution in [2.24, 2.45) is 0 Å². The van der Waals surface area contributed by atoms with E-state index in [1.54, 1.807) is 12.1 Å². The Morgan fingerprint density at radius 1 is 1.31 bits per heavy atom. The Hall–Kier alpha value is -2.55. The minimum absolute atomic E-state index is 0.0158. The van der Waals surface area contributed by atoms with E-state index >= 15 is 0 Å². The maximum Gasteiger partial charge on any atom is 0.266 e. The first-order valence-corrected chi connectivity index (χ1v) is 10.3. The molecule has 1 aliphatic heterocycles. The Labute approximate surface area is 184 Å². The summed E-state index contributed by atoms with van der Waals surface area (Å²) in [6, 6.07) is 13.0. The van der Waals surface area contributed by atoms with E-state index in [4.69, 9.17) is 11.6 Å². The molecule has 29 heavy (non-hydrogen) atoms. The molecule has 0 bridgehead atoms. The molecule has 0 fully saturated rings. The molecule has 0 saturated heterocycles. The summed E-state index contributed by atoms with van der Waals surface area (Å²) in [6.07, 6.45) is 3.73. The van der Waals surface area contributed by atoms with Crippen LogP contribution < -0.4 is 10.2 Å². The Morgan fingerprint density at radius 2 is 2.03 bits per heavy atom. The van der Waals surface area contributed by atoms with E-state index in [-0.39, 0.29) is 11.1 Å². The molecular weight excluding hydrogens is 450 g/mol. The number of nitrogens with one attached hydrogen (secondary N) is 1. The lowest BCUT2D eigenvalue weighted by Crippen LogP contribution is -2.42. The molecule has 2 aromatic carbocycles. The number of benzene rings is 2. The van der Waals surface area contributed by atoms with Gasteiger partial charge in [0.15, 0.2) is 0 Å². The van der Waals surface area contributed by atoms with Crippen LogP contribution in [-0.2, 0) is 4.79 Å². The highest BCUT2D eigenvalue weighted by Crippen LogP contribution is 2.40. The number of fused-ring (bicyclic) bond motifs is 1. The summed E-state index contributed by atoms with van der Waals surface area (Å²) in [4.78, 5) is 14.7. The molecule has 0 radical (unpaired) electrons. The maximum atomic E-state index is 12.6. The zero-order valence-corrected chi connectivity index (χ0v) is 19.0. The predicted molar refractivity (Wildman–Crippen MR) is 124 cm³/mol. The average Bonchev–Trinajstić information content (AvgIpc) is 2.64. The van der Waals surface area contributed by atoms with Crippen molar-refractivity contribution in [3.63, 3.8) is 0 Å². The lowest BCUT2D eigenvalue weighted by Gasteiger charge is -2.40. The third-order valence-electron chi connectivity index (χ3n) is 5.08. The SMILES string of the molecule is CC1=CC(C)(C)N(C)c2cc(Cl)c(/C=C(/C#N)C(=O)Nc3cccc(Br)c3)cc21. The van der Waals surface area contributed by atoms with Gasteiger partial charge < -0.3 is 10.2 Å². The fraction of sp³-hybridized carbons (Fsp3) is 0.217. The number of hydrogen-bond donors (Lipinski definition) is 1. The van der Waals surface area contributed by atoms with Crippen LogP contribution in [-0.4, -0.2) is 18.5 Å². The standard InChI is InChI=1S/C23H21BrClN3O/c1-14-12-23(2,3)28(4)21-11-20(25)15(9-19(14)21)8-16(13-26)22(29)27-18-7-5-6-17(24)10-18/h5-12H,1-4H3,(H,27,29)/b16-8-. The number of halogens is 2. The van der Waals surface area contributed by atoms with Crippen LogP contribution in [0.4, 0.5) is 11.4 Å². The van der Waals surface area contributed by atoms with Gasteiger partial charge in [-0.1, -0.05) is 39.7 Å². The van der Waals surface area contributed by atoms with Crippen LogP contribution in [0.3, 0.4) is 0 Å². The first-order valence-electron chi connectivity index (χ1n) is 9.08. The number of amides is 1. The Morgan fingerprint density at radius 3 is 2.69 bits per heavy atom. The average molecular weight is 471 g/mol. The van der Waals surface area contributed by atoms with Crippen LogP contribution in [0.5, 0.6) is 0 Å². The second-order valence-electron chi connectivity index (χ2n) is 7.57. The number of likely N-dealkylation sites (N-methyl/N-ethyl adjacent to an activating group) is 1. The number of carbonyl (C=O) groups is 1. The lowest BCUT2D eigenvalue weighted by molar-refractivity contribution is -0.112. The van der Waals surface area contributed by atoms with Gasteiger partial charge in [0.1, 0.15) is 11.6 Å². The summed E-state index contributed by atoms with van der Waals surface area (Å²) in [6.45, 7) is 6.34. The van der Waals surface area contributed by atoms with Crippen molar-refractivity contribution in [1.82, 2.24) is 0 Å². The van der Waals surface area contributed by atoms with Gasteiger partial charge >= 0.3 is 0 Å². The van der Waals surface area contributed by atoms with Gasteiger partial charge in [0.2, 0.25) is 0 Å². The van der Waals surface area contributed by atoms with E-state index in [0.29, 0.717) is 16.3 Å². The van der Waals surface area contributed by atoms with Gasteiger partial charge in [-0.25, -0.2) is 0 Å². The second-order valence-corrected chi connectivity index (χ2v) is 8.89. The quantitative estimate of drug-likeness (QED) is 0.424. The molecule has 1 aliphatic rings. The van der Waals surface area contributed by atoms with Crippen LogP contribution in [0.25, 0.3) is 11.6 Å². The minimum atomic E-state index is -0.482. The lowest BCUT2D eigenvalue weighted by atomic mass is 9.88. The van der Waals surface area contributed by atoms with Gasteiger partial charge in [-0.15, -0.1) is 0 Å². The van der Waals surface area contributed by atoms with Crippen molar-refractivity contribution in [3.8, 4) is 6.07 Å². The smallest absolute Gasteiger partial charge is 0.266 e. The summed E-state index contributed by atoms with van der Waals surface area (Å²) in [5.41, 5.74) is 4.28. The number of allylic oxidation sites excluding steroid dienone is 1. The number of carbonyl (C=O) groups excluding carboxylic acids is 1. The molecule has 1 heterocycles. The van der Waals surface area contributed by atoms with Gasteiger partial charge in [-0.05, 0) is 68.3 Å². The number of anilines is 2. The summed E-state index contributed by atoms with van der Waals surface area (Å²) < 4.78 is 0.838. The summed E-state index contributed by atoms with van der Waals surface area (Å²) in [5.74, 6) is -0.482. The van der Waals surface area contributed by atoms with E-state index in [1.807, 2.05) is 37.4 Å². The van der Waals surface area contributed by atoms with Gasteiger partial charge in [0.05, 0.1) is 5.54 Å². The van der Waals surface area contributed by atoms with Crippen molar-refractivity contribution in [2.75, 3.05) is 17.3 Å². The second kappa shape index (κ2) is 8.06. The van der Waals surface area contributed by atoms with Crippen LogP contribution >= 0.6 is 27.5 Å². The van der Waals surface area contributed by atoms with Crippen molar-refractivity contribution < 1.29 is 4.79 Å². The molecule has 0 saturated carbocycles. The van der Waals surface area contributed by atoms with E-state index in [9.17, 15) is 10.1 Å². The molecule has 1 amide bonds. The Kier molecular flexibility index (Phi) is 5.88. The first kappa shape index (κ1) is 21.2. The maximum absolute atomic E-state index is 12.6. The number of hydrogen-bond acceptors (Lipinski definition) is 3. The monoisotopic (exact) mass is 469 g/mol. The molecule has 0 unspecified atom stereocenters. The number of nitriles is 1. The molecule has 3 rings (SSSR count). The fourth-order valence-corrected chi connectivity index (χ4v) is 3.98. The highest BCUT2D eigenvalue weighted by Gasteiger charge is 2.29. The Bertz CT molecular complexity index is 1100. The predicted octanol–water partition coefficient (Wildman–Crippen LogP) is 6.28. The summed E-state index contributed by atoms with van der Waals surface area (Å²) >= 11 is 9.88. The van der Waals surface area contributed by atoms with Crippen LogP contribution in [0.2, 0.25) is 5.02 Å².